The topological polar surface area (TPSA) is 85.1 Å². The van der Waals surface area contributed by atoms with Crippen LogP contribution in [0.1, 0.15) is 23.0 Å². The van der Waals surface area contributed by atoms with Crippen molar-refractivity contribution in [3.8, 4) is 0 Å². The van der Waals surface area contributed by atoms with Gasteiger partial charge in [0.15, 0.2) is 0 Å². The van der Waals surface area contributed by atoms with Gasteiger partial charge in [-0.15, -0.1) is 0 Å². The van der Waals surface area contributed by atoms with E-state index in [1.165, 1.54) is 6.92 Å². The summed E-state index contributed by atoms with van der Waals surface area (Å²) in [6, 6.07) is 2.55. The molecule has 0 aliphatic rings. The fourth-order valence-corrected chi connectivity index (χ4v) is 1.04. The van der Waals surface area contributed by atoms with E-state index < -0.39 is 11.9 Å². The summed E-state index contributed by atoms with van der Waals surface area (Å²) in [7, 11) is 0. The Morgan fingerprint density at radius 3 is 2.73 bits per heavy atom. The summed E-state index contributed by atoms with van der Waals surface area (Å²) >= 11 is 0. The van der Waals surface area contributed by atoms with E-state index in [0.29, 0.717) is 5.56 Å². The second kappa shape index (κ2) is 4.54. The van der Waals surface area contributed by atoms with Gasteiger partial charge >= 0.3 is 0 Å². The van der Waals surface area contributed by atoms with Crippen molar-refractivity contribution < 1.29 is 9.59 Å². The Bertz CT molecular complexity index is 390. The lowest BCUT2D eigenvalue weighted by molar-refractivity contribution is -0.119. The molecule has 0 fully saturated rings. The largest absolute Gasteiger partial charge is 0.368 e. The number of rotatable bonds is 3. The molecular formula is C10H13N3O2. The van der Waals surface area contributed by atoms with E-state index in [-0.39, 0.29) is 5.91 Å². The molecular weight excluding hydrogens is 194 g/mol. The van der Waals surface area contributed by atoms with E-state index in [1.807, 2.05) is 0 Å². The second-order valence-corrected chi connectivity index (χ2v) is 3.28. The first-order chi connectivity index (χ1) is 7.00. The summed E-state index contributed by atoms with van der Waals surface area (Å²) in [5.41, 5.74) is 6.24. The summed E-state index contributed by atoms with van der Waals surface area (Å²) in [6.07, 6.45) is 1.54. The van der Waals surface area contributed by atoms with E-state index in [9.17, 15) is 9.59 Å². The van der Waals surface area contributed by atoms with E-state index >= 15 is 0 Å². The highest BCUT2D eigenvalue weighted by Gasteiger charge is 2.13. The zero-order valence-corrected chi connectivity index (χ0v) is 8.65. The van der Waals surface area contributed by atoms with Crippen LogP contribution in [-0.4, -0.2) is 22.8 Å². The predicted octanol–water partition coefficient (Wildman–Crippen LogP) is -0.00638. The molecule has 0 radical (unpaired) electrons. The van der Waals surface area contributed by atoms with Gasteiger partial charge in [-0.3, -0.25) is 14.6 Å². The minimum Gasteiger partial charge on any atom is -0.368 e. The fourth-order valence-electron chi connectivity index (χ4n) is 1.04. The summed E-state index contributed by atoms with van der Waals surface area (Å²) in [6.45, 7) is 3.32. The number of hydrogen-bond acceptors (Lipinski definition) is 3. The lowest BCUT2D eigenvalue weighted by Crippen LogP contribution is -2.42. The molecule has 5 heteroatoms. The van der Waals surface area contributed by atoms with Crippen molar-refractivity contribution in [2.75, 3.05) is 0 Å². The van der Waals surface area contributed by atoms with Crippen molar-refractivity contribution in [2.24, 2.45) is 5.73 Å². The van der Waals surface area contributed by atoms with Crippen LogP contribution in [0, 0.1) is 6.92 Å². The molecule has 1 atom stereocenters. The molecule has 80 valence electrons. The smallest absolute Gasteiger partial charge is 0.252 e. The van der Waals surface area contributed by atoms with Gasteiger partial charge in [0.2, 0.25) is 5.91 Å². The molecule has 3 N–H and O–H groups in total. The molecule has 1 unspecified atom stereocenters. The summed E-state index contributed by atoms with van der Waals surface area (Å²) < 4.78 is 0. The number of nitrogens with one attached hydrogen (secondary N) is 1. The molecule has 1 aromatic rings. The molecule has 0 aliphatic carbocycles. The van der Waals surface area contributed by atoms with Crippen molar-refractivity contribution in [1.29, 1.82) is 0 Å². The average molecular weight is 207 g/mol. The average Bonchev–Trinajstić information content (AvgIpc) is 2.17. The third-order valence-electron chi connectivity index (χ3n) is 1.93. The normalized spacial score (nSPS) is 11.9. The van der Waals surface area contributed by atoms with Gasteiger partial charge < -0.3 is 11.1 Å². The Morgan fingerprint density at radius 2 is 2.20 bits per heavy atom. The molecule has 0 spiro atoms. The van der Waals surface area contributed by atoms with E-state index in [4.69, 9.17) is 5.73 Å². The number of nitrogens with two attached hydrogens (primary N) is 1. The summed E-state index contributed by atoms with van der Waals surface area (Å²) in [5.74, 6) is -0.888. The number of aryl methyl sites for hydroxylation is 1. The lowest BCUT2D eigenvalue weighted by atomic mass is 10.2. The number of primary amides is 1. The molecule has 0 aliphatic heterocycles. The number of carbonyl (C=O) groups is 2. The van der Waals surface area contributed by atoms with Gasteiger partial charge in [-0.2, -0.15) is 0 Å². The van der Waals surface area contributed by atoms with Crippen molar-refractivity contribution in [1.82, 2.24) is 10.3 Å². The number of carbonyl (C=O) groups excluding carboxylic acids is 2. The molecule has 5 nitrogen and oxygen atoms in total. The first-order valence-corrected chi connectivity index (χ1v) is 4.53. The first-order valence-electron chi connectivity index (χ1n) is 4.53. The van der Waals surface area contributed by atoms with Crippen LogP contribution in [0.15, 0.2) is 18.3 Å². The van der Waals surface area contributed by atoms with Crippen LogP contribution in [0.4, 0.5) is 0 Å². The molecule has 0 aromatic carbocycles. The van der Waals surface area contributed by atoms with Gasteiger partial charge in [0.1, 0.15) is 6.04 Å². The van der Waals surface area contributed by atoms with Gasteiger partial charge in [0.25, 0.3) is 5.91 Å². The van der Waals surface area contributed by atoms with Gasteiger partial charge in [0, 0.05) is 17.5 Å². The Balaban J connectivity index is 2.73. The standard InChI is InChI=1S/C10H13N3O2/c1-6-5-8(3-4-12-6)10(15)13-7(2)9(11)14/h3-5,7H,1-2H3,(H2,11,14)(H,13,15). The number of hydrogen-bond donors (Lipinski definition) is 2. The van der Waals surface area contributed by atoms with Crippen LogP contribution in [-0.2, 0) is 4.79 Å². The van der Waals surface area contributed by atoms with E-state index in [0.717, 1.165) is 5.69 Å². The van der Waals surface area contributed by atoms with Crippen molar-refractivity contribution >= 4 is 11.8 Å². The Morgan fingerprint density at radius 1 is 1.53 bits per heavy atom. The maximum absolute atomic E-state index is 11.6. The molecule has 1 heterocycles. The molecule has 1 rings (SSSR count). The zero-order valence-electron chi connectivity index (χ0n) is 8.65. The summed E-state index contributed by atoms with van der Waals surface area (Å²) in [5, 5.41) is 2.48. The second-order valence-electron chi connectivity index (χ2n) is 3.28. The van der Waals surface area contributed by atoms with Gasteiger partial charge in [0.05, 0.1) is 0 Å². The highest BCUT2D eigenvalue weighted by atomic mass is 16.2. The third-order valence-corrected chi connectivity index (χ3v) is 1.93. The number of pyridine rings is 1. The number of aromatic nitrogens is 1. The van der Waals surface area contributed by atoms with Gasteiger partial charge in [-0.1, -0.05) is 0 Å². The minimum atomic E-state index is -0.675. The molecule has 0 saturated heterocycles. The van der Waals surface area contributed by atoms with Crippen LogP contribution < -0.4 is 11.1 Å². The van der Waals surface area contributed by atoms with Crippen LogP contribution in [0.25, 0.3) is 0 Å². The highest BCUT2D eigenvalue weighted by molar-refractivity contribution is 5.97. The predicted molar refractivity (Wildman–Crippen MR) is 55.1 cm³/mol. The number of amides is 2. The van der Waals surface area contributed by atoms with Crippen LogP contribution >= 0.6 is 0 Å². The molecule has 2 amide bonds. The molecule has 1 aromatic heterocycles. The van der Waals surface area contributed by atoms with Crippen LogP contribution in [0.3, 0.4) is 0 Å². The Hall–Kier alpha value is -1.91. The molecule has 0 saturated carbocycles. The molecule has 0 bridgehead atoms. The maximum Gasteiger partial charge on any atom is 0.252 e. The molecule has 15 heavy (non-hydrogen) atoms. The highest BCUT2D eigenvalue weighted by Crippen LogP contribution is 2.00. The van der Waals surface area contributed by atoms with E-state index in [2.05, 4.69) is 10.3 Å². The Kier molecular flexibility index (Phi) is 3.38. The maximum atomic E-state index is 11.6. The third kappa shape index (κ3) is 3.05. The van der Waals surface area contributed by atoms with E-state index in [1.54, 1.807) is 25.3 Å². The quantitative estimate of drug-likeness (QED) is 0.731. The number of nitrogens with zero attached hydrogens (tertiary/aromatic N) is 1. The minimum absolute atomic E-state index is 0.327. The monoisotopic (exact) mass is 207 g/mol. The zero-order chi connectivity index (χ0) is 11.4. The van der Waals surface area contributed by atoms with Crippen molar-refractivity contribution in [2.45, 2.75) is 19.9 Å². The lowest BCUT2D eigenvalue weighted by Gasteiger charge is -2.09. The van der Waals surface area contributed by atoms with Gasteiger partial charge in [-0.25, -0.2) is 0 Å². The van der Waals surface area contributed by atoms with Crippen molar-refractivity contribution in [3.63, 3.8) is 0 Å². The van der Waals surface area contributed by atoms with Crippen LogP contribution in [0.5, 0.6) is 0 Å². The summed E-state index contributed by atoms with van der Waals surface area (Å²) in [4.78, 5) is 26.3. The Labute approximate surface area is 87.7 Å². The van der Waals surface area contributed by atoms with Gasteiger partial charge in [-0.05, 0) is 26.0 Å². The fraction of sp³-hybridized carbons (Fsp3) is 0.300. The van der Waals surface area contributed by atoms with Crippen LogP contribution in [0.2, 0.25) is 0 Å². The first kappa shape index (κ1) is 11.2. The SMILES string of the molecule is Cc1cc(C(=O)NC(C)C(N)=O)ccn1. The van der Waals surface area contributed by atoms with Crippen molar-refractivity contribution in [3.05, 3.63) is 29.6 Å².